The smallest absolute Gasteiger partial charge is 0.360 e. The highest BCUT2D eigenvalue weighted by Gasteiger charge is 2.31. The number of aromatic nitrogens is 1. The van der Waals surface area contributed by atoms with Crippen LogP contribution in [-0.4, -0.2) is 11.1 Å². The van der Waals surface area contributed by atoms with E-state index in [1.807, 2.05) is 0 Å². The first-order valence-electron chi connectivity index (χ1n) is 6.39. The van der Waals surface area contributed by atoms with Crippen LogP contribution in [0, 0.1) is 0 Å². The van der Waals surface area contributed by atoms with Gasteiger partial charge in [0.1, 0.15) is 5.76 Å². The summed E-state index contributed by atoms with van der Waals surface area (Å²) in [5.41, 5.74) is -0.695. The fourth-order valence-electron chi connectivity index (χ4n) is 1.92. The minimum absolute atomic E-state index is 0.0609. The lowest BCUT2D eigenvalue weighted by Crippen LogP contribution is -2.13. The lowest BCUT2D eigenvalue weighted by atomic mass is 10.2. The van der Waals surface area contributed by atoms with Gasteiger partial charge in [0.05, 0.1) is 5.56 Å². The maximum atomic E-state index is 12.6. The number of amides is 1. The third-order valence-electron chi connectivity index (χ3n) is 3.19. The zero-order chi connectivity index (χ0) is 15.0. The number of carbonyl (C=O) groups excluding carboxylic acids is 1. The number of alkyl halides is 3. The Labute approximate surface area is 117 Å². The molecule has 1 aliphatic rings. The van der Waals surface area contributed by atoms with E-state index < -0.39 is 17.6 Å². The van der Waals surface area contributed by atoms with E-state index in [0.29, 0.717) is 11.7 Å². The second-order valence-electron chi connectivity index (χ2n) is 4.92. The van der Waals surface area contributed by atoms with Crippen LogP contribution in [0.2, 0.25) is 0 Å². The van der Waals surface area contributed by atoms with Crippen LogP contribution in [-0.2, 0) is 6.18 Å². The molecule has 0 bridgehead atoms. The van der Waals surface area contributed by atoms with Gasteiger partial charge in [-0.3, -0.25) is 4.79 Å². The molecule has 21 heavy (non-hydrogen) atoms. The summed E-state index contributed by atoms with van der Waals surface area (Å²) in [6.07, 6.45) is -2.44. The SMILES string of the molecule is O=C(Nc1cccc(C(F)(F)F)c1)c1cc(C2CC2)on1. The molecule has 1 heterocycles. The minimum Gasteiger partial charge on any atom is -0.360 e. The number of rotatable bonds is 3. The number of carbonyl (C=O) groups is 1. The van der Waals surface area contributed by atoms with E-state index >= 15 is 0 Å². The van der Waals surface area contributed by atoms with Gasteiger partial charge in [-0.25, -0.2) is 0 Å². The number of halogens is 3. The largest absolute Gasteiger partial charge is 0.416 e. The van der Waals surface area contributed by atoms with E-state index in [1.54, 1.807) is 0 Å². The normalized spacial score (nSPS) is 15.0. The molecule has 0 radical (unpaired) electrons. The third-order valence-corrected chi connectivity index (χ3v) is 3.19. The topological polar surface area (TPSA) is 55.1 Å². The Morgan fingerprint density at radius 1 is 1.29 bits per heavy atom. The van der Waals surface area contributed by atoms with Crippen molar-refractivity contribution >= 4 is 11.6 Å². The van der Waals surface area contributed by atoms with Gasteiger partial charge in [-0.1, -0.05) is 11.2 Å². The summed E-state index contributed by atoms with van der Waals surface area (Å²) in [4.78, 5) is 11.9. The molecule has 1 amide bonds. The van der Waals surface area contributed by atoms with Crippen molar-refractivity contribution in [2.24, 2.45) is 0 Å². The lowest BCUT2D eigenvalue weighted by molar-refractivity contribution is -0.137. The molecule has 0 saturated heterocycles. The molecule has 1 fully saturated rings. The Bertz CT molecular complexity index is 675. The number of hydrogen-bond donors (Lipinski definition) is 1. The van der Waals surface area contributed by atoms with Crippen molar-refractivity contribution in [3.63, 3.8) is 0 Å². The fraction of sp³-hybridized carbons (Fsp3) is 0.286. The summed E-state index contributed by atoms with van der Waals surface area (Å²) >= 11 is 0. The van der Waals surface area contributed by atoms with Gasteiger partial charge < -0.3 is 9.84 Å². The number of benzene rings is 1. The standard InChI is InChI=1S/C14H11F3N2O2/c15-14(16,17)9-2-1-3-10(6-9)18-13(20)11-7-12(21-19-11)8-4-5-8/h1-3,6-8H,4-5H2,(H,18,20). The molecule has 110 valence electrons. The van der Waals surface area contributed by atoms with Crippen LogP contribution in [0.15, 0.2) is 34.9 Å². The highest BCUT2D eigenvalue weighted by molar-refractivity contribution is 6.02. The van der Waals surface area contributed by atoms with Crippen LogP contribution >= 0.6 is 0 Å². The van der Waals surface area contributed by atoms with Crippen LogP contribution < -0.4 is 5.32 Å². The molecule has 1 aromatic heterocycles. The predicted molar refractivity (Wildman–Crippen MR) is 67.9 cm³/mol. The number of hydrogen-bond acceptors (Lipinski definition) is 3. The van der Waals surface area contributed by atoms with Crippen LogP contribution in [0.1, 0.15) is 40.6 Å². The minimum atomic E-state index is -4.45. The molecule has 1 aliphatic carbocycles. The van der Waals surface area contributed by atoms with Crippen LogP contribution in [0.5, 0.6) is 0 Å². The molecule has 7 heteroatoms. The van der Waals surface area contributed by atoms with Crippen LogP contribution in [0.3, 0.4) is 0 Å². The fourth-order valence-corrected chi connectivity index (χ4v) is 1.92. The van der Waals surface area contributed by atoms with Gasteiger partial charge in [0.2, 0.25) is 0 Å². The summed E-state index contributed by atoms with van der Waals surface area (Å²) in [5, 5.41) is 6.02. The summed E-state index contributed by atoms with van der Waals surface area (Å²) in [5.74, 6) is 0.363. The lowest BCUT2D eigenvalue weighted by Gasteiger charge is -2.08. The second kappa shape index (κ2) is 4.91. The first-order chi connectivity index (χ1) is 9.93. The Kier molecular flexibility index (Phi) is 3.19. The summed E-state index contributed by atoms with van der Waals surface area (Å²) in [6.45, 7) is 0. The second-order valence-corrected chi connectivity index (χ2v) is 4.92. The van der Waals surface area contributed by atoms with Crippen molar-refractivity contribution in [3.8, 4) is 0 Å². The number of nitrogens with zero attached hydrogens (tertiary/aromatic N) is 1. The molecular formula is C14H11F3N2O2. The van der Waals surface area contributed by atoms with Gasteiger partial charge in [-0.15, -0.1) is 0 Å². The van der Waals surface area contributed by atoms with Gasteiger partial charge in [0.15, 0.2) is 5.69 Å². The molecule has 0 aliphatic heterocycles. The van der Waals surface area contributed by atoms with Crippen LogP contribution in [0.4, 0.5) is 18.9 Å². The Hall–Kier alpha value is -2.31. The van der Waals surface area contributed by atoms with E-state index in [2.05, 4.69) is 10.5 Å². The first-order valence-corrected chi connectivity index (χ1v) is 6.39. The molecule has 3 rings (SSSR count). The Morgan fingerprint density at radius 3 is 2.71 bits per heavy atom. The number of nitrogens with one attached hydrogen (secondary N) is 1. The maximum absolute atomic E-state index is 12.6. The monoisotopic (exact) mass is 296 g/mol. The van der Waals surface area contributed by atoms with Crippen molar-refractivity contribution in [1.82, 2.24) is 5.16 Å². The van der Waals surface area contributed by atoms with Gasteiger partial charge in [0, 0.05) is 17.7 Å². The zero-order valence-electron chi connectivity index (χ0n) is 10.8. The molecule has 0 spiro atoms. The predicted octanol–water partition coefficient (Wildman–Crippen LogP) is 3.82. The van der Waals surface area contributed by atoms with Crippen molar-refractivity contribution in [2.45, 2.75) is 24.9 Å². The van der Waals surface area contributed by atoms with Crippen molar-refractivity contribution in [2.75, 3.05) is 5.32 Å². The quantitative estimate of drug-likeness (QED) is 0.936. The molecule has 4 nitrogen and oxygen atoms in total. The first kappa shape index (κ1) is 13.7. The van der Waals surface area contributed by atoms with Crippen molar-refractivity contribution < 1.29 is 22.5 Å². The molecule has 1 saturated carbocycles. The summed E-state index contributed by atoms with van der Waals surface area (Å²) in [6, 6.07) is 5.96. The third kappa shape index (κ3) is 3.07. The molecule has 2 aromatic rings. The molecule has 0 atom stereocenters. The summed E-state index contributed by atoms with van der Waals surface area (Å²) < 4.78 is 42.8. The molecule has 1 aromatic carbocycles. The average Bonchev–Trinajstić information content (AvgIpc) is 3.15. The van der Waals surface area contributed by atoms with Gasteiger partial charge >= 0.3 is 6.18 Å². The van der Waals surface area contributed by atoms with E-state index in [9.17, 15) is 18.0 Å². The molecule has 0 unspecified atom stereocenters. The molecule has 1 N–H and O–H groups in total. The molecular weight excluding hydrogens is 285 g/mol. The Balaban J connectivity index is 1.74. The van der Waals surface area contributed by atoms with E-state index in [1.165, 1.54) is 18.2 Å². The summed E-state index contributed by atoms with van der Waals surface area (Å²) in [7, 11) is 0. The number of anilines is 1. The van der Waals surface area contributed by atoms with Crippen molar-refractivity contribution in [3.05, 3.63) is 47.3 Å². The van der Waals surface area contributed by atoms with Crippen molar-refractivity contribution in [1.29, 1.82) is 0 Å². The maximum Gasteiger partial charge on any atom is 0.416 e. The van der Waals surface area contributed by atoms with E-state index in [0.717, 1.165) is 25.0 Å². The van der Waals surface area contributed by atoms with Crippen LogP contribution in [0.25, 0.3) is 0 Å². The highest BCUT2D eigenvalue weighted by Crippen LogP contribution is 2.40. The van der Waals surface area contributed by atoms with E-state index in [-0.39, 0.29) is 11.4 Å². The average molecular weight is 296 g/mol. The highest BCUT2D eigenvalue weighted by atomic mass is 19.4. The zero-order valence-corrected chi connectivity index (χ0v) is 10.8. The van der Waals surface area contributed by atoms with Gasteiger partial charge in [0.25, 0.3) is 5.91 Å². The van der Waals surface area contributed by atoms with Gasteiger partial charge in [-0.2, -0.15) is 13.2 Å². The van der Waals surface area contributed by atoms with E-state index in [4.69, 9.17) is 4.52 Å². The Morgan fingerprint density at radius 2 is 2.05 bits per heavy atom. The van der Waals surface area contributed by atoms with Gasteiger partial charge in [-0.05, 0) is 31.0 Å².